The topological polar surface area (TPSA) is 15.8 Å². The first-order valence-corrected chi connectivity index (χ1v) is 4.24. The Bertz CT molecular complexity index is 513. The van der Waals surface area contributed by atoms with Gasteiger partial charge in [0.15, 0.2) is 0 Å². The van der Waals surface area contributed by atoms with Crippen molar-refractivity contribution in [2.75, 3.05) is 0 Å². The van der Waals surface area contributed by atoms with E-state index in [0.717, 1.165) is 16.4 Å². The number of aromatic amines is 1. The molecule has 1 heterocycles. The van der Waals surface area contributed by atoms with E-state index in [1.54, 1.807) is 0 Å². The summed E-state index contributed by atoms with van der Waals surface area (Å²) in [6, 6.07) is 18.2. The van der Waals surface area contributed by atoms with Crippen molar-refractivity contribution in [2.45, 2.75) is 0 Å². The molecule has 1 aromatic heterocycles. The number of para-hydroxylation sites is 1. The molecule has 60 valence electrons. The minimum absolute atomic E-state index is 1.12. The van der Waals surface area contributed by atoms with Crippen LogP contribution in [0.15, 0.2) is 36.4 Å². The van der Waals surface area contributed by atoms with Crippen LogP contribution in [0.4, 0.5) is 0 Å². The van der Waals surface area contributed by atoms with Gasteiger partial charge in [-0.15, -0.1) is 0 Å². The molecule has 0 radical (unpaired) electrons. The van der Waals surface area contributed by atoms with Crippen molar-refractivity contribution in [3.05, 3.63) is 48.5 Å². The Labute approximate surface area is 76.0 Å². The number of hydrogen-bond donors (Lipinski definition) is 1. The molecule has 13 heavy (non-hydrogen) atoms. The van der Waals surface area contributed by atoms with Gasteiger partial charge in [0, 0.05) is 10.9 Å². The van der Waals surface area contributed by atoms with Crippen molar-refractivity contribution in [3.8, 4) is 0 Å². The van der Waals surface area contributed by atoms with E-state index in [0.29, 0.717) is 0 Å². The van der Waals surface area contributed by atoms with Crippen molar-refractivity contribution < 1.29 is 0 Å². The van der Waals surface area contributed by atoms with Crippen LogP contribution in [0.25, 0.3) is 21.8 Å². The largest absolute Gasteiger partial charge is 0.354 e. The fraction of sp³-hybridized carbons (Fsp3) is 0. The molecule has 3 aromatic rings. The SMILES string of the molecule is c1ccc2[nH]c3ccccc3c2c#1. The van der Waals surface area contributed by atoms with Crippen LogP contribution < -0.4 is 0 Å². The molecule has 1 N–H and O–H groups in total. The lowest BCUT2D eigenvalue weighted by molar-refractivity contribution is 1.55. The van der Waals surface area contributed by atoms with Crippen LogP contribution in [-0.4, -0.2) is 4.98 Å². The van der Waals surface area contributed by atoms with Gasteiger partial charge in [-0.2, -0.15) is 0 Å². The van der Waals surface area contributed by atoms with Crippen LogP contribution in [0.2, 0.25) is 0 Å². The Hall–Kier alpha value is -1.94. The van der Waals surface area contributed by atoms with E-state index in [4.69, 9.17) is 0 Å². The predicted molar refractivity (Wildman–Crippen MR) is 53.5 cm³/mol. The molecule has 0 aliphatic rings. The van der Waals surface area contributed by atoms with Crippen molar-refractivity contribution in [1.29, 1.82) is 0 Å². The number of nitrogens with one attached hydrogen (secondary N) is 1. The fourth-order valence-corrected chi connectivity index (χ4v) is 1.66. The maximum absolute atomic E-state index is 3.33. The zero-order chi connectivity index (χ0) is 8.67. The summed E-state index contributed by atoms with van der Waals surface area (Å²) >= 11 is 0. The van der Waals surface area contributed by atoms with Crippen LogP contribution in [0.5, 0.6) is 0 Å². The minimum Gasteiger partial charge on any atom is -0.354 e. The summed E-state index contributed by atoms with van der Waals surface area (Å²) in [5.41, 5.74) is 2.29. The lowest BCUT2D eigenvalue weighted by Crippen LogP contribution is -1.62. The third kappa shape index (κ3) is 0.830. The van der Waals surface area contributed by atoms with Gasteiger partial charge < -0.3 is 4.98 Å². The van der Waals surface area contributed by atoms with Crippen LogP contribution in [0, 0.1) is 12.1 Å². The molecule has 0 aliphatic carbocycles. The van der Waals surface area contributed by atoms with Gasteiger partial charge in [-0.1, -0.05) is 30.3 Å². The number of rotatable bonds is 0. The molecule has 0 unspecified atom stereocenters. The minimum atomic E-state index is 1.12. The second-order valence-electron chi connectivity index (χ2n) is 3.06. The molecule has 0 fully saturated rings. The van der Waals surface area contributed by atoms with Gasteiger partial charge in [-0.25, -0.2) is 0 Å². The van der Waals surface area contributed by atoms with Crippen molar-refractivity contribution >= 4 is 21.8 Å². The number of fused-ring (bicyclic) bond motifs is 3. The Morgan fingerprint density at radius 2 is 1.92 bits per heavy atom. The first-order valence-electron chi connectivity index (χ1n) is 4.24. The molecular formula is C12H7N. The van der Waals surface area contributed by atoms with Gasteiger partial charge in [0.1, 0.15) is 0 Å². The second kappa shape index (κ2) is 2.27. The lowest BCUT2D eigenvalue weighted by Gasteiger charge is -1.84. The number of hydrogen-bond acceptors (Lipinski definition) is 0. The predicted octanol–water partition coefficient (Wildman–Crippen LogP) is 2.92. The molecule has 0 amide bonds. The highest BCUT2D eigenvalue weighted by Crippen LogP contribution is 2.22. The maximum atomic E-state index is 3.33. The molecule has 0 atom stereocenters. The average molecular weight is 165 g/mol. The maximum Gasteiger partial charge on any atom is 0.0577 e. The zero-order valence-electron chi connectivity index (χ0n) is 6.96. The number of H-pyrrole nitrogens is 1. The van der Waals surface area contributed by atoms with E-state index in [1.165, 1.54) is 5.39 Å². The van der Waals surface area contributed by atoms with E-state index in [9.17, 15) is 0 Å². The van der Waals surface area contributed by atoms with Crippen LogP contribution in [0.3, 0.4) is 0 Å². The van der Waals surface area contributed by atoms with Crippen LogP contribution in [0.1, 0.15) is 0 Å². The summed E-state index contributed by atoms with van der Waals surface area (Å²) in [4.78, 5) is 3.33. The summed E-state index contributed by atoms with van der Waals surface area (Å²) in [6.07, 6.45) is 0. The molecular weight excluding hydrogens is 158 g/mol. The first kappa shape index (κ1) is 6.56. The van der Waals surface area contributed by atoms with E-state index >= 15 is 0 Å². The van der Waals surface area contributed by atoms with Gasteiger partial charge in [-0.3, -0.25) is 0 Å². The Kier molecular flexibility index (Phi) is 1.15. The average Bonchev–Trinajstić information content (AvgIpc) is 2.56. The van der Waals surface area contributed by atoms with Crippen LogP contribution in [-0.2, 0) is 0 Å². The van der Waals surface area contributed by atoms with E-state index in [-0.39, 0.29) is 0 Å². The third-order valence-corrected chi connectivity index (χ3v) is 2.27. The van der Waals surface area contributed by atoms with Gasteiger partial charge in [0.05, 0.1) is 10.9 Å². The lowest BCUT2D eigenvalue weighted by atomic mass is 10.2. The smallest absolute Gasteiger partial charge is 0.0577 e. The highest BCUT2D eigenvalue weighted by molar-refractivity contribution is 6.06. The van der Waals surface area contributed by atoms with Crippen molar-refractivity contribution in [3.63, 3.8) is 0 Å². The molecule has 0 spiro atoms. The van der Waals surface area contributed by atoms with Gasteiger partial charge in [-0.05, 0) is 18.2 Å². The highest BCUT2D eigenvalue weighted by Gasteiger charge is 2.00. The summed E-state index contributed by atoms with van der Waals surface area (Å²) in [5, 5.41) is 2.34. The third-order valence-electron chi connectivity index (χ3n) is 2.27. The quantitative estimate of drug-likeness (QED) is 0.527. The molecule has 0 saturated heterocycles. The number of benzene rings is 1. The molecule has 3 rings (SSSR count). The fourth-order valence-electron chi connectivity index (χ4n) is 1.66. The molecule has 1 heteroatoms. The molecule has 0 saturated carbocycles. The van der Waals surface area contributed by atoms with E-state index < -0.39 is 0 Å². The molecule has 2 aromatic carbocycles. The Morgan fingerprint density at radius 3 is 2.92 bits per heavy atom. The van der Waals surface area contributed by atoms with Gasteiger partial charge >= 0.3 is 0 Å². The second-order valence-corrected chi connectivity index (χ2v) is 3.06. The van der Waals surface area contributed by atoms with Crippen LogP contribution >= 0.6 is 0 Å². The van der Waals surface area contributed by atoms with Crippen molar-refractivity contribution in [1.82, 2.24) is 4.98 Å². The summed E-state index contributed by atoms with van der Waals surface area (Å²) in [6.45, 7) is 0. The molecule has 0 bridgehead atoms. The Balaban J connectivity index is 2.64. The van der Waals surface area contributed by atoms with Crippen molar-refractivity contribution in [2.24, 2.45) is 0 Å². The highest BCUT2D eigenvalue weighted by atomic mass is 14.7. The zero-order valence-corrected chi connectivity index (χ0v) is 6.96. The Morgan fingerprint density at radius 1 is 1.00 bits per heavy atom. The molecule has 0 aliphatic heterocycles. The summed E-state index contributed by atoms with van der Waals surface area (Å²) < 4.78 is 0. The van der Waals surface area contributed by atoms with E-state index in [2.05, 4.69) is 29.2 Å². The summed E-state index contributed by atoms with van der Waals surface area (Å²) in [7, 11) is 0. The van der Waals surface area contributed by atoms with E-state index in [1.807, 2.05) is 24.3 Å². The number of aromatic nitrogens is 1. The monoisotopic (exact) mass is 165 g/mol. The molecule has 1 nitrogen and oxygen atoms in total. The normalized spacial score (nSPS) is 10.5. The van der Waals surface area contributed by atoms with Gasteiger partial charge in [0.2, 0.25) is 0 Å². The standard InChI is InChI=1S/C12H7N/c1-3-7-11-9(5-1)10-6-2-4-8-12(10)13-11/h1,3-5,7-8,13H. The summed E-state index contributed by atoms with van der Waals surface area (Å²) in [5.74, 6) is 0. The first-order chi connectivity index (χ1) is 6.45. The van der Waals surface area contributed by atoms with Gasteiger partial charge in [0.25, 0.3) is 0 Å².